The molecule has 1 amide bonds. The van der Waals surface area contributed by atoms with Crippen molar-refractivity contribution in [3.63, 3.8) is 0 Å². The summed E-state index contributed by atoms with van der Waals surface area (Å²) in [6.07, 6.45) is 9.81. The minimum absolute atomic E-state index is 0.267. The highest BCUT2D eigenvalue weighted by molar-refractivity contribution is 5.79. The first-order valence-electron chi connectivity index (χ1n) is 9.88. The van der Waals surface area contributed by atoms with E-state index in [2.05, 4.69) is 21.4 Å². The van der Waals surface area contributed by atoms with Crippen LogP contribution in [-0.2, 0) is 11.3 Å². The molecule has 2 fully saturated rings. The molecule has 4 rings (SSSR count). The lowest BCUT2D eigenvalue weighted by Crippen LogP contribution is -2.35. The molecular formula is C20H28N4O. The van der Waals surface area contributed by atoms with Crippen LogP contribution in [0, 0.1) is 5.92 Å². The van der Waals surface area contributed by atoms with E-state index in [1.807, 2.05) is 18.3 Å². The average molecular weight is 340 g/mol. The largest absolute Gasteiger partial charge is 0.342 e. The maximum Gasteiger partial charge on any atom is 0.225 e. The maximum atomic E-state index is 12.8. The highest BCUT2D eigenvalue weighted by Crippen LogP contribution is 2.32. The highest BCUT2D eigenvalue weighted by atomic mass is 16.2. The molecule has 1 aliphatic heterocycles. The fourth-order valence-electron chi connectivity index (χ4n) is 4.51. The molecule has 2 aromatic heterocycles. The van der Waals surface area contributed by atoms with Crippen molar-refractivity contribution >= 4 is 17.1 Å². The summed E-state index contributed by atoms with van der Waals surface area (Å²) < 4.78 is 2.27. The Morgan fingerprint density at radius 1 is 1.24 bits per heavy atom. The number of fused-ring (bicyclic) bond motifs is 1. The molecule has 0 bridgehead atoms. The lowest BCUT2D eigenvalue weighted by molar-refractivity contribution is -0.135. The van der Waals surface area contributed by atoms with Crippen molar-refractivity contribution in [1.29, 1.82) is 0 Å². The Bertz CT molecular complexity index is 747. The van der Waals surface area contributed by atoms with Crippen LogP contribution in [0.5, 0.6) is 0 Å². The van der Waals surface area contributed by atoms with Crippen molar-refractivity contribution in [3.05, 3.63) is 24.2 Å². The first kappa shape index (κ1) is 16.6. The molecule has 3 heterocycles. The van der Waals surface area contributed by atoms with E-state index in [0.29, 0.717) is 11.8 Å². The molecule has 0 radical (unpaired) electrons. The van der Waals surface area contributed by atoms with Crippen LogP contribution in [0.1, 0.15) is 63.6 Å². The number of carbonyl (C=O) groups excluding carboxylic acids is 1. The van der Waals surface area contributed by atoms with Gasteiger partial charge in [-0.15, -0.1) is 0 Å². The van der Waals surface area contributed by atoms with Crippen LogP contribution in [0.25, 0.3) is 11.2 Å². The minimum atomic E-state index is 0.267. The third kappa shape index (κ3) is 3.16. The second-order valence-electron chi connectivity index (χ2n) is 7.57. The SMILES string of the molecule is CCCn1c([C@@H]2CCN(C(=O)C3CCCCC3)C2)nc2cccnc21. The number of pyridine rings is 1. The Hall–Kier alpha value is -1.91. The Morgan fingerprint density at radius 2 is 2.08 bits per heavy atom. The van der Waals surface area contributed by atoms with Crippen LogP contribution in [-0.4, -0.2) is 38.4 Å². The molecule has 25 heavy (non-hydrogen) atoms. The van der Waals surface area contributed by atoms with Gasteiger partial charge in [0.25, 0.3) is 0 Å². The van der Waals surface area contributed by atoms with E-state index in [9.17, 15) is 4.79 Å². The molecule has 0 N–H and O–H groups in total. The number of nitrogens with zero attached hydrogens (tertiary/aromatic N) is 4. The van der Waals surface area contributed by atoms with Gasteiger partial charge in [-0.25, -0.2) is 9.97 Å². The van der Waals surface area contributed by atoms with Crippen molar-refractivity contribution in [2.24, 2.45) is 5.92 Å². The fourth-order valence-corrected chi connectivity index (χ4v) is 4.51. The summed E-state index contributed by atoms with van der Waals surface area (Å²) in [5.41, 5.74) is 1.96. The summed E-state index contributed by atoms with van der Waals surface area (Å²) in [6.45, 7) is 4.83. The molecule has 5 nitrogen and oxygen atoms in total. The van der Waals surface area contributed by atoms with E-state index in [4.69, 9.17) is 4.98 Å². The summed E-state index contributed by atoms with van der Waals surface area (Å²) >= 11 is 0. The Kier molecular flexibility index (Phi) is 4.73. The number of likely N-dealkylation sites (tertiary alicyclic amines) is 1. The number of carbonyl (C=O) groups is 1. The first-order valence-corrected chi connectivity index (χ1v) is 9.88. The number of imidazole rings is 1. The molecule has 1 atom stereocenters. The number of hydrogen-bond donors (Lipinski definition) is 0. The van der Waals surface area contributed by atoms with Crippen molar-refractivity contribution in [1.82, 2.24) is 19.4 Å². The molecule has 1 aliphatic carbocycles. The average Bonchev–Trinajstić information content (AvgIpc) is 3.27. The van der Waals surface area contributed by atoms with E-state index in [-0.39, 0.29) is 5.92 Å². The monoisotopic (exact) mass is 340 g/mol. The summed E-state index contributed by atoms with van der Waals surface area (Å²) in [5, 5.41) is 0. The van der Waals surface area contributed by atoms with Gasteiger partial charge in [0, 0.05) is 37.7 Å². The molecular weight excluding hydrogens is 312 g/mol. The third-order valence-corrected chi connectivity index (χ3v) is 5.80. The predicted molar refractivity (Wildman–Crippen MR) is 98.3 cm³/mol. The summed E-state index contributed by atoms with van der Waals surface area (Å²) in [7, 11) is 0. The third-order valence-electron chi connectivity index (χ3n) is 5.80. The number of rotatable bonds is 4. The number of amides is 1. The fraction of sp³-hybridized carbons (Fsp3) is 0.650. The van der Waals surface area contributed by atoms with Crippen LogP contribution in [0.2, 0.25) is 0 Å². The minimum Gasteiger partial charge on any atom is -0.342 e. The standard InChI is InChI=1S/C20H28N4O/c1-2-12-24-18(22-17-9-6-11-21-19(17)24)16-10-13-23(14-16)20(25)15-7-4-3-5-8-15/h6,9,11,15-16H,2-5,7-8,10,12-14H2,1H3/t16-/m1/s1. The quantitative estimate of drug-likeness (QED) is 0.852. The molecule has 0 aromatic carbocycles. The summed E-state index contributed by atoms with van der Waals surface area (Å²) in [6, 6.07) is 3.99. The van der Waals surface area contributed by atoms with Crippen LogP contribution < -0.4 is 0 Å². The van der Waals surface area contributed by atoms with Gasteiger partial charge in [-0.05, 0) is 37.8 Å². The number of aromatic nitrogens is 3. The molecule has 1 saturated heterocycles. The van der Waals surface area contributed by atoms with E-state index in [1.54, 1.807) is 0 Å². The van der Waals surface area contributed by atoms with E-state index in [1.165, 1.54) is 19.3 Å². The van der Waals surface area contributed by atoms with Gasteiger partial charge >= 0.3 is 0 Å². The van der Waals surface area contributed by atoms with E-state index < -0.39 is 0 Å². The highest BCUT2D eigenvalue weighted by Gasteiger charge is 2.34. The molecule has 0 unspecified atom stereocenters. The Labute approximate surface area is 149 Å². The van der Waals surface area contributed by atoms with Crippen LogP contribution in [0.15, 0.2) is 18.3 Å². The zero-order valence-electron chi connectivity index (χ0n) is 15.2. The summed E-state index contributed by atoms with van der Waals surface area (Å²) in [5.74, 6) is 2.12. The van der Waals surface area contributed by atoms with Gasteiger partial charge in [-0.3, -0.25) is 4.79 Å². The van der Waals surface area contributed by atoms with Gasteiger partial charge in [-0.2, -0.15) is 0 Å². The van der Waals surface area contributed by atoms with Crippen molar-refractivity contribution in [3.8, 4) is 0 Å². The predicted octanol–water partition coefficient (Wildman–Crippen LogP) is 3.74. The zero-order valence-corrected chi connectivity index (χ0v) is 15.2. The Balaban J connectivity index is 1.54. The van der Waals surface area contributed by atoms with E-state index in [0.717, 1.165) is 62.3 Å². The van der Waals surface area contributed by atoms with Crippen molar-refractivity contribution in [2.75, 3.05) is 13.1 Å². The molecule has 2 aliphatic rings. The van der Waals surface area contributed by atoms with Crippen molar-refractivity contribution in [2.45, 2.75) is 64.3 Å². The molecule has 5 heteroatoms. The Morgan fingerprint density at radius 3 is 2.88 bits per heavy atom. The lowest BCUT2D eigenvalue weighted by Gasteiger charge is -2.26. The molecule has 1 saturated carbocycles. The lowest BCUT2D eigenvalue weighted by atomic mass is 9.88. The van der Waals surface area contributed by atoms with Crippen molar-refractivity contribution < 1.29 is 4.79 Å². The van der Waals surface area contributed by atoms with Gasteiger partial charge in [0.05, 0.1) is 0 Å². The van der Waals surface area contributed by atoms with Gasteiger partial charge in [0.2, 0.25) is 5.91 Å². The van der Waals surface area contributed by atoms with Crippen LogP contribution in [0.4, 0.5) is 0 Å². The van der Waals surface area contributed by atoms with Gasteiger partial charge in [0.15, 0.2) is 5.65 Å². The second-order valence-corrected chi connectivity index (χ2v) is 7.57. The second kappa shape index (κ2) is 7.14. The first-order chi connectivity index (χ1) is 12.3. The van der Waals surface area contributed by atoms with E-state index >= 15 is 0 Å². The van der Waals surface area contributed by atoms with Gasteiger partial charge in [-0.1, -0.05) is 26.2 Å². The number of hydrogen-bond acceptors (Lipinski definition) is 3. The normalized spacial score (nSPS) is 22.0. The molecule has 134 valence electrons. The van der Waals surface area contributed by atoms with Gasteiger partial charge < -0.3 is 9.47 Å². The number of aryl methyl sites for hydroxylation is 1. The molecule has 0 spiro atoms. The topological polar surface area (TPSA) is 51.0 Å². The smallest absolute Gasteiger partial charge is 0.225 e. The maximum absolute atomic E-state index is 12.8. The van der Waals surface area contributed by atoms with Gasteiger partial charge in [0.1, 0.15) is 11.3 Å². The van der Waals surface area contributed by atoms with Crippen LogP contribution in [0.3, 0.4) is 0 Å². The zero-order chi connectivity index (χ0) is 17.2. The molecule has 2 aromatic rings. The summed E-state index contributed by atoms with van der Waals surface area (Å²) in [4.78, 5) is 24.4. The van der Waals surface area contributed by atoms with Crippen LogP contribution >= 0.6 is 0 Å².